The van der Waals surface area contributed by atoms with Crippen molar-refractivity contribution in [1.29, 1.82) is 0 Å². The van der Waals surface area contributed by atoms with Crippen LogP contribution >= 0.6 is 11.8 Å². The summed E-state index contributed by atoms with van der Waals surface area (Å²) in [6.45, 7) is 11.9. The number of amides is 1. The fraction of sp³-hybridized carbons (Fsp3) is 0.905. The van der Waals surface area contributed by atoms with Crippen LogP contribution in [0.4, 0.5) is 0 Å². The van der Waals surface area contributed by atoms with Crippen molar-refractivity contribution in [3.63, 3.8) is 0 Å². The predicted molar refractivity (Wildman–Crippen MR) is 119 cm³/mol. The van der Waals surface area contributed by atoms with E-state index in [0.717, 1.165) is 38.6 Å². The standard InChI is InChI=1S/C21H39N5OS/c1-4-22-20(24-18-7-10-25(15-18)19(27)17(2)3)23-16-21(8-5-6-9-21)26-11-13-28-14-12-26/h17-18H,4-16H2,1-3H3,(H2,22,23,24). The largest absolute Gasteiger partial charge is 0.357 e. The van der Waals surface area contributed by atoms with Crippen molar-refractivity contribution in [1.82, 2.24) is 20.4 Å². The lowest BCUT2D eigenvalue weighted by molar-refractivity contribution is -0.133. The molecule has 6 nitrogen and oxygen atoms in total. The summed E-state index contributed by atoms with van der Waals surface area (Å²) in [4.78, 5) is 22.0. The lowest BCUT2D eigenvalue weighted by Crippen LogP contribution is -2.53. The topological polar surface area (TPSA) is 60.0 Å². The summed E-state index contributed by atoms with van der Waals surface area (Å²) in [5, 5.41) is 7.04. The number of nitrogens with zero attached hydrogens (tertiary/aromatic N) is 3. The second-order valence-corrected chi connectivity index (χ2v) is 10.0. The minimum Gasteiger partial charge on any atom is -0.357 e. The molecule has 3 fully saturated rings. The van der Waals surface area contributed by atoms with Gasteiger partial charge in [0.25, 0.3) is 0 Å². The van der Waals surface area contributed by atoms with E-state index in [4.69, 9.17) is 4.99 Å². The Bertz CT molecular complexity index is 541. The van der Waals surface area contributed by atoms with Crippen molar-refractivity contribution < 1.29 is 4.79 Å². The highest BCUT2D eigenvalue weighted by atomic mass is 32.2. The normalized spacial score (nSPS) is 26.1. The van der Waals surface area contributed by atoms with Gasteiger partial charge in [-0.1, -0.05) is 26.7 Å². The van der Waals surface area contributed by atoms with Crippen LogP contribution in [-0.4, -0.2) is 84.0 Å². The molecule has 1 aliphatic carbocycles. The quantitative estimate of drug-likeness (QED) is 0.520. The summed E-state index contributed by atoms with van der Waals surface area (Å²) in [6, 6.07) is 0.298. The molecule has 0 aromatic carbocycles. The molecule has 3 rings (SSSR count). The maximum Gasteiger partial charge on any atom is 0.225 e. The zero-order valence-electron chi connectivity index (χ0n) is 18.0. The number of carbonyl (C=O) groups is 1. The highest BCUT2D eigenvalue weighted by molar-refractivity contribution is 7.99. The van der Waals surface area contributed by atoms with Crippen molar-refractivity contribution in [2.45, 2.75) is 64.5 Å². The highest BCUT2D eigenvalue weighted by Gasteiger charge is 2.40. The number of thioether (sulfide) groups is 1. The Kier molecular flexibility index (Phi) is 7.92. The van der Waals surface area contributed by atoms with Gasteiger partial charge in [-0.2, -0.15) is 11.8 Å². The second-order valence-electron chi connectivity index (χ2n) is 8.79. The molecule has 0 spiro atoms. The van der Waals surface area contributed by atoms with E-state index in [-0.39, 0.29) is 17.4 Å². The molecule has 1 amide bonds. The fourth-order valence-electron chi connectivity index (χ4n) is 4.83. The Morgan fingerprint density at radius 2 is 1.93 bits per heavy atom. The van der Waals surface area contributed by atoms with Gasteiger partial charge in [0.05, 0.1) is 6.54 Å². The predicted octanol–water partition coefficient (Wildman–Crippen LogP) is 2.16. The van der Waals surface area contributed by atoms with Crippen LogP contribution in [0.2, 0.25) is 0 Å². The van der Waals surface area contributed by atoms with Gasteiger partial charge in [-0.25, -0.2) is 0 Å². The van der Waals surface area contributed by atoms with E-state index in [2.05, 4.69) is 34.2 Å². The van der Waals surface area contributed by atoms with Gasteiger partial charge in [0, 0.05) is 61.7 Å². The van der Waals surface area contributed by atoms with Gasteiger partial charge >= 0.3 is 0 Å². The van der Waals surface area contributed by atoms with Crippen LogP contribution in [0.5, 0.6) is 0 Å². The number of guanidine groups is 1. The maximum atomic E-state index is 12.3. The van der Waals surface area contributed by atoms with E-state index in [1.165, 1.54) is 50.3 Å². The Morgan fingerprint density at radius 1 is 1.21 bits per heavy atom. The molecule has 2 aliphatic heterocycles. The monoisotopic (exact) mass is 409 g/mol. The number of hydrogen-bond acceptors (Lipinski definition) is 4. The summed E-state index contributed by atoms with van der Waals surface area (Å²) < 4.78 is 0. The molecule has 0 bridgehead atoms. The van der Waals surface area contributed by atoms with Crippen molar-refractivity contribution in [3.8, 4) is 0 Å². The van der Waals surface area contributed by atoms with E-state index in [9.17, 15) is 4.79 Å². The first-order chi connectivity index (χ1) is 13.5. The first-order valence-corrected chi connectivity index (χ1v) is 12.4. The highest BCUT2D eigenvalue weighted by Crippen LogP contribution is 2.37. The zero-order chi connectivity index (χ0) is 20.0. The van der Waals surface area contributed by atoms with Crippen LogP contribution in [0.15, 0.2) is 4.99 Å². The number of nitrogens with one attached hydrogen (secondary N) is 2. The van der Waals surface area contributed by atoms with Gasteiger partial charge in [0.1, 0.15) is 0 Å². The molecule has 2 heterocycles. The molecular formula is C21H39N5OS. The van der Waals surface area contributed by atoms with E-state index >= 15 is 0 Å². The minimum atomic E-state index is 0.0746. The van der Waals surface area contributed by atoms with Crippen molar-refractivity contribution in [2.75, 3.05) is 50.8 Å². The maximum absolute atomic E-state index is 12.3. The molecule has 28 heavy (non-hydrogen) atoms. The first-order valence-electron chi connectivity index (χ1n) is 11.2. The molecule has 3 aliphatic rings. The molecule has 1 saturated carbocycles. The van der Waals surface area contributed by atoms with E-state index in [0.29, 0.717) is 6.04 Å². The number of likely N-dealkylation sites (tertiary alicyclic amines) is 1. The van der Waals surface area contributed by atoms with Gasteiger partial charge < -0.3 is 15.5 Å². The van der Waals surface area contributed by atoms with E-state index in [1.807, 2.05) is 18.7 Å². The Morgan fingerprint density at radius 3 is 2.57 bits per heavy atom. The van der Waals surface area contributed by atoms with Gasteiger partial charge in [0.2, 0.25) is 5.91 Å². The van der Waals surface area contributed by atoms with E-state index in [1.54, 1.807) is 0 Å². The number of rotatable bonds is 6. The van der Waals surface area contributed by atoms with Gasteiger partial charge in [-0.3, -0.25) is 14.7 Å². The molecule has 7 heteroatoms. The molecule has 1 atom stereocenters. The summed E-state index contributed by atoms with van der Waals surface area (Å²) >= 11 is 2.08. The summed E-state index contributed by atoms with van der Waals surface area (Å²) in [6.07, 6.45) is 6.22. The molecule has 0 aromatic rings. The third-order valence-electron chi connectivity index (χ3n) is 6.43. The lowest BCUT2D eigenvalue weighted by Gasteiger charge is -2.42. The smallest absolute Gasteiger partial charge is 0.225 e. The summed E-state index contributed by atoms with van der Waals surface area (Å²) in [5.41, 5.74) is 0.263. The van der Waals surface area contributed by atoms with Gasteiger partial charge in [-0.05, 0) is 26.2 Å². The third kappa shape index (κ3) is 5.35. The molecule has 1 unspecified atom stereocenters. The van der Waals surface area contributed by atoms with E-state index < -0.39 is 0 Å². The van der Waals surface area contributed by atoms with Crippen LogP contribution in [-0.2, 0) is 4.79 Å². The van der Waals surface area contributed by atoms with Crippen molar-refractivity contribution >= 4 is 23.6 Å². The van der Waals surface area contributed by atoms with Gasteiger partial charge in [0.15, 0.2) is 5.96 Å². The van der Waals surface area contributed by atoms with Crippen molar-refractivity contribution in [3.05, 3.63) is 0 Å². The SMILES string of the molecule is CCNC(=NCC1(N2CCSCC2)CCCC1)NC1CCN(C(=O)C(C)C)C1. The lowest BCUT2D eigenvalue weighted by atomic mass is 9.95. The van der Waals surface area contributed by atoms with Crippen LogP contribution in [0.1, 0.15) is 52.9 Å². The molecule has 2 saturated heterocycles. The van der Waals surface area contributed by atoms with Crippen LogP contribution in [0, 0.1) is 5.92 Å². The molecule has 0 aromatic heterocycles. The summed E-state index contributed by atoms with van der Waals surface area (Å²) in [5.74, 6) is 3.77. The zero-order valence-corrected chi connectivity index (χ0v) is 18.8. The molecular weight excluding hydrogens is 370 g/mol. The Hall–Kier alpha value is -0.950. The minimum absolute atomic E-state index is 0.0746. The Balaban J connectivity index is 1.61. The van der Waals surface area contributed by atoms with Crippen LogP contribution in [0.25, 0.3) is 0 Å². The number of hydrogen-bond donors (Lipinski definition) is 2. The Labute approximate surface area is 175 Å². The molecule has 0 radical (unpaired) electrons. The van der Waals surface area contributed by atoms with Crippen molar-refractivity contribution in [2.24, 2.45) is 10.9 Å². The fourth-order valence-corrected chi connectivity index (χ4v) is 5.73. The average Bonchev–Trinajstić information content (AvgIpc) is 3.37. The molecule has 2 N–H and O–H groups in total. The third-order valence-corrected chi connectivity index (χ3v) is 7.37. The van der Waals surface area contributed by atoms with Crippen LogP contribution < -0.4 is 10.6 Å². The number of aliphatic imine (C=N–C) groups is 1. The van der Waals surface area contributed by atoms with Gasteiger partial charge in [-0.15, -0.1) is 0 Å². The number of carbonyl (C=O) groups excluding carboxylic acids is 1. The van der Waals surface area contributed by atoms with Crippen LogP contribution in [0.3, 0.4) is 0 Å². The summed E-state index contributed by atoms with van der Waals surface area (Å²) in [7, 11) is 0. The molecule has 160 valence electrons. The first kappa shape index (κ1) is 21.8. The second kappa shape index (κ2) is 10.2. The average molecular weight is 410 g/mol.